The third kappa shape index (κ3) is 4.51. The van der Waals surface area contributed by atoms with E-state index in [2.05, 4.69) is 31.9 Å². The lowest BCUT2D eigenvalue weighted by atomic mass is 9.88. The molecule has 2 aromatic carbocycles. The zero-order valence-corrected chi connectivity index (χ0v) is 19.6. The number of hydrogen-bond acceptors (Lipinski definition) is 6. The van der Waals surface area contributed by atoms with Gasteiger partial charge in [0.05, 0.1) is 20.8 Å². The second-order valence-electron chi connectivity index (χ2n) is 8.85. The Morgan fingerprint density at radius 1 is 1.06 bits per heavy atom. The molecule has 178 valence electrons. The van der Waals surface area contributed by atoms with Gasteiger partial charge in [-0.3, -0.25) is 9.69 Å². The van der Waals surface area contributed by atoms with Gasteiger partial charge < -0.3 is 24.1 Å². The van der Waals surface area contributed by atoms with Gasteiger partial charge >= 0.3 is 0 Å². The molecule has 8 heteroatoms. The molecule has 1 unspecified atom stereocenters. The summed E-state index contributed by atoms with van der Waals surface area (Å²) < 4.78 is 19.1. The van der Waals surface area contributed by atoms with E-state index in [9.17, 15) is 4.79 Å². The monoisotopic (exact) mass is 462 g/mol. The van der Waals surface area contributed by atoms with Crippen LogP contribution in [0.2, 0.25) is 0 Å². The van der Waals surface area contributed by atoms with E-state index < -0.39 is 11.7 Å². The Balaban J connectivity index is 1.26. The van der Waals surface area contributed by atoms with Gasteiger partial charge in [0, 0.05) is 37.7 Å². The van der Waals surface area contributed by atoms with E-state index in [1.807, 2.05) is 42.6 Å². The van der Waals surface area contributed by atoms with Crippen LogP contribution in [0.4, 0.5) is 5.69 Å². The van der Waals surface area contributed by atoms with Gasteiger partial charge in [-0.2, -0.15) is 0 Å². The van der Waals surface area contributed by atoms with Crippen LogP contribution in [-0.2, 0) is 28.2 Å². The fraction of sp³-hybridized carbons (Fsp3) is 0.385. The van der Waals surface area contributed by atoms with E-state index in [4.69, 9.17) is 14.2 Å². The molecule has 2 aliphatic rings. The molecule has 1 spiro atoms. The van der Waals surface area contributed by atoms with Crippen LogP contribution in [0.5, 0.6) is 11.5 Å². The molecular formula is C26H30N4O4. The summed E-state index contributed by atoms with van der Waals surface area (Å²) in [6.45, 7) is 3.06. The van der Waals surface area contributed by atoms with Gasteiger partial charge in [0.1, 0.15) is 22.9 Å². The van der Waals surface area contributed by atoms with Crippen molar-refractivity contribution in [3.05, 3.63) is 72.3 Å². The minimum absolute atomic E-state index is 0.149. The Labute approximate surface area is 199 Å². The van der Waals surface area contributed by atoms with E-state index in [1.54, 1.807) is 20.4 Å². The summed E-state index contributed by atoms with van der Waals surface area (Å²) in [5, 5.41) is 2.98. The van der Waals surface area contributed by atoms with Gasteiger partial charge in [-0.15, -0.1) is 0 Å². The number of nitrogens with zero attached hydrogens (tertiary/aromatic N) is 3. The predicted octanol–water partition coefficient (Wildman–Crippen LogP) is 3.43. The number of nitrogens with one attached hydrogen (secondary N) is 1. The average Bonchev–Trinajstić information content (AvgIpc) is 3.36. The standard InChI is InChI=1S/C26H30N4O4/c1-32-21-7-3-19(4-8-21)17-29-14-11-26(12-15-29)25-27-13-16-30(25)18-23(34-26)24(31)28-20-5-9-22(33-2)10-6-20/h3-10,13,16,23H,11-12,14-15,17-18H2,1-2H3,(H,28,31). The number of carbonyl (C=O) groups is 1. The summed E-state index contributed by atoms with van der Waals surface area (Å²) in [4.78, 5) is 20.2. The molecule has 0 radical (unpaired) electrons. The third-order valence-corrected chi connectivity index (χ3v) is 6.73. The fourth-order valence-corrected chi connectivity index (χ4v) is 4.83. The Morgan fingerprint density at radius 3 is 2.35 bits per heavy atom. The molecule has 34 heavy (non-hydrogen) atoms. The number of piperidine rings is 1. The molecule has 8 nitrogen and oxygen atoms in total. The number of rotatable bonds is 6. The molecule has 1 aromatic heterocycles. The van der Waals surface area contributed by atoms with Crippen LogP contribution in [0.3, 0.4) is 0 Å². The van der Waals surface area contributed by atoms with Gasteiger partial charge in [0.2, 0.25) is 0 Å². The number of aromatic nitrogens is 2. The quantitative estimate of drug-likeness (QED) is 0.605. The van der Waals surface area contributed by atoms with Crippen molar-refractivity contribution in [1.29, 1.82) is 0 Å². The summed E-state index contributed by atoms with van der Waals surface area (Å²) in [6.07, 6.45) is 4.72. The summed E-state index contributed by atoms with van der Waals surface area (Å²) in [5.74, 6) is 2.38. The lowest BCUT2D eigenvalue weighted by Crippen LogP contribution is -2.53. The molecule has 5 rings (SSSR count). The van der Waals surface area contributed by atoms with E-state index in [-0.39, 0.29) is 5.91 Å². The number of carbonyl (C=O) groups excluding carboxylic acids is 1. The van der Waals surface area contributed by atoms with Crippen LogP contribution in [0.25, 0.3) is 0 Å². The van der Waals surface area contributed by atoms with Crippen LogP contribution in [0.15, 0.2) is 60.9 Å². The Morgan fingerprint density at radius 2 is 1.71 bits per heavy atom. The number of benzene rings is 2. The van der Waals surface area contributed by atoms with Crippen molar-refractivity contribution >= 4 is 11.6 Å². The van der Waals surface area contributed by atoms with Crippen LogP contribution >= 0.6 is 0 Å². The largest absolute Gasteiger partial charge is 0.497 e. The minimum atomic E-state index is -0.586. The van der Waals surface area contributed by atoms with Gasteiger partial charge in [-0.05, 0) is 54.8 Å². The van der Waals surface area contributed by atoms with Crippen molar-refractivity contribution in [2.24, 2.45) is 0 Å². The van der Waals surface area contributed by atoms with E-state index in [1.165, 1.54) is 5.56 Å². The predicted molar refractivity (Wildman–Crippen MR) is 128 cm³/mol. The number of anilines is 1. The van der Waals surface area contributed by atoms with Gasteiger partial charge in [-0.25, -0.2) is 4.98 Å². The van der Waals surface area contributed by atoms with Crippen LogP contribution in [-0.4, -0.2) is 53.8 Å². The molecule has 1 saturated heterocycles. The zero-order valence-electron chi connectivity index (χ0n) is 19.6. The third-order valence-electron chi connectivity index (χ3n) is 6.73. The normalized spacial score (nSPS) is 19.4. The van der Waals surface area contributed by atoms with Crippen molar-refractivity contribution in [2.75, 3.05) is 32.6 Å². The Bertz CT molecular complexity index is 1120. The molecule has 3 heterocycles. The lowest BCUT2D eigenvalue weighted by Gasteiger charge is -2.45. The first-order valence-electron chi connectivity index (χ1n) is 11.6. The highest BCUT2D eigenvalue weighted by atomic mass is 16.5. The first-order valence-corrected chi connectivity index (χ1v) is 11.6. The molecule has 3 aromatic rings. The maximum atomic E-state index is 13.1. The number of fused-ring (bicyclic) bond motifs is 2. The van der Waals surface area contributed by atoms with Gasteiger partial charge in [0.15, 0.2) is 6.10 Å². The molecule has 1 fully saturated rings. The Hall–Kier alpha value is -3.36. The highest BCUT2D eigenvalue weighted by Crippen LogP contribution is 2.40. The second-order valence-corrected chi connectivity index (χ2v) is 8.85. The van der Waals surface area contributed by atoms with Crippen molar-refractivity contribution in [2.45, 2.75) is 37.6 Å². The van der Waals surface area contributed by atoms with Crippen molar-refractivity contribution in [3.8, 4) is 11.5 Å². The van der Waals surface area contributed by atoms with Crippen LogP contribution in [0, 0.1) is 0 Å². The van der Waals surface area contributed by atoms with E-state index >= 15 is 0 Å². The number of methoxy groups -OCH3 is 2. The topological polar surface area (TPSA) is 77.9 Å². The molecule has 0 bridgehead atoms. The molecule has 1 N–H and O–H groups in total. The molecule has 1 atom stereocenters. The number of imidazole rings is 1. The summed E-state index contributed by atoms with van der Waals surface area (Å²) >= 11 is 0. The highest BCUT2D eigenvalue weighted by molar-refractivity contribution is 5.94. The van der Waals surface area contributed by atoms with Crippen molar-refractivity contribution in [3.63, 3.8) is 0 Å². The SMILES string of the molecule is COc1ccc(CN2CCC3(CC2)OC(C(=O)Nc2ccc(OC)cc2)Cn2ccnc23)cc1. The number of ether oxygens (including phenoxy) is 3. The highest BCUT2D eigenvalue weighted by Gasteiger charge is 2.47. The van der Waals surface area contributed by atoms with E-state index in [0.29, 0.717) is 12.2 Å². The fourth-order valence-electron chi connectivity index (χ4n) is 4.83. The van der Waals surface area contributed by atoms with E-state index in [0.717, 1.165) is 49.8 Å². The first-order chi connectivity index (χ1) is 16.6. The minimum Gasteiger partial charge on any atom is -0.497 e. The van der Waals surface area contributed by atoms with Gasteiger partial charge in [0.25, 0.3) is 5.91 Å². The molecule has 0 aliphatic carbocycles. The summed E-state index contributed by atoms with van der Waals surface area (Å²) in [7, 11) is 3.30. The van der Waals surface area contributed by atoms with Crippen molar-refractivity contribution in [1.82, 2.24) is 14.5 Å². The zero-order chi connectivity index (χ0) is 23.5. The molecule has 2 aliphatic heterocycles. The number of amides is 1. The molecule has 0 saturated carbocycles. The van der Waals surface area contributed by atoms with Gasteiger partial charge in [-0.1, -0.05) is 12.1 Å². The first kappa shape index (κ1) is 22.4. The number of likely N-dealkylation sites (tertiary alicyclic amines) is 1. The molecular weight excluding hydrogens is 432 g/mol. The van der Waals surface area contributed by atoms with Crippen LogP contribution < -0.4 is 14.8 Å². The number of hydrogen-bond donors (Lipinski definition) is 1. The second kappa shape index (κ2) is 9.48. The lowest BCUT2D eigenvalue weighted by molar-refractivity contribution is -0.170. The smallest absolute Gasteiger partial charge is 0.255 e. The Kier molecular flexibility index (Phi) is 6.26. The summed E-state index contributed by atoms with van der Waals surface area (Å²) in [5.41, 5.74) is 1.41. The maximum absolute atomic E-state index is 13.1. The van der Waals surface area contributed by atoms with Crippen LogP contribution in [0.1, 0.15) is 24.2 Å². The summed E-state index contributed by atoms with van der Waals surface area (Å²) in [6, 6.07) is 15.5. The van der Waals surface area contributed by atoms with Crippen molar-refractivity contribution < 1.29 is 19.0 Å². The molecule has 1 amide bonds. The average molecular weight is 463 g/mol. The maximum Gasteiger partial charge on any atom is 0.255 e.